The number of rotatable bonds is 10. The van der Waals surface area contributed by atoms with Crippen LogP contribution < -0.4 is 16.4 Å². The summed E-state index contributed by atoms with van der Waals surface area (Å²) in [4.78, 5) is 35.7. The minimum absolute atomic E-state index is 0. The second-order valence-electron chi connectivity index (χ2n) is 5.84. The first-order chi connectivity index (χ1) is 10.2. The van der Waals surface area contributed by atoms with Crippen LogP contribution in [-0.4, -0.2) is 55.3 Å². The summed E-state index contributed by atoms with van der Waals surface area (Å²) in [6, 6.07) is 0.0762. The molecule has 0 bridgehead atoms. The molecular formula is C15H31ClN4O3. The van der Waals surface area contributed by atoms with E-state index in [1.165, 1.54) is 6.92 Å². The van der Waals surface area contributed by atoms with E-state index in [4.69, 9.17) is 5.73 Å². The van der Waals surface area contributed by atoms with Gasteiger partial charge in [0.15, 0.2) is 0 Å². The number of nitrogens with zero attached hydrogens (tertiary/aromatic N) is 1. The number of nitrogens with two attached hydrogens (primary N) is 1. The first kappa shape index (κ1) is 23.9. The van der Waals surface area contributed by atoms with Gasteiger partial charge in [0.05, 0.1) is 0 Å². The molecule has 1 unspecified atom stereocenters. The number of hydrogen-bond donors (Lipinski definition) is 3. The number of amides is 3. The smallest absolute Gasteiger partial charge is 0.222 e. The van der Waals surface area contributed by atoms with Crippen LogP contribution in [0.4, 0.5) is 0 Å². The van der Waals surface area contributed by atoms with E-state index in [9.17, 15) is 14.4 Å². The van der Waals surface area contributed by atoms with E-state index in [0.29, 0.717) is 25.6 Å². The average Bonchev–Trinajstić information content (AvgIpc) is 2.45. The molecule has 0 rings (SSSR count). The summed E-state index contributed by atoms with van der Waals surface area (Å²) in [5.41, 5.74) is 5.94. The monoisotopic (exact) mass is 350 g/mol. The largest absolute Gasteiger partial charge is 0.355 e. The van der Waals surface area contributed by atoms with Crippen molar-refractivity contribution in [3.05, 3.63) is 0 Å². The van der Waals surface area contributed by atoms with Gasteiger partial charge in [0.1, 0.15) is 0 Å². The maximum absolute atomic E-state index is 11.9. The van der Waals surface area contributed by atoms with Gasteiger partial charge in [0.2, 0.25) is 17.7 Å². The Balaban J connectivity index is 0. The van der Waals surface area contributed by atoms with Crippen molar-refractivity contribution in [2.45, 2.75) is 46.1 Å². The molecule has 0 aromatic rings. The third-order valence-corrected chi connectivity index (χ3v) is 3.47. The molecule has 0 heterocycles. The molecule has 7 nitrogen and oxygen atoms in total. The van der Waals surface area contributed by atoms with Crippen LogP contribution in [0.5, 0.6) is 0 Å². The maximum atomic E-state index is 11.9. The first-order valence-corrected chi connectivity index (χ1v) is 7.74. The van der Waals surface area contributed by atoms with Crippen molar-refractivity contribution < 1.29 is 14.4 Å². The van der Waals surface area contributed by atoms with E-state index in [1.54, 1.807) is 11.9 Å². The molecule has 3 amide bonds. The van der Waals surface area contributed by atoms with Gasteiger partial charge in [0.25, 0.3) is 0 Å². The van der Waals surface area contributed by atoms with E-state index in [1.807, 2.05) is 0 Å². The van der Waals surface area contributed by atoms with Crippen LogP contribution in [0.3, 0.4) is 0 Å². The van der Waals surface area contributed by atoms with E-state index >= 15 is 0 Å². The zero-order valence-electron chi connectivity index (χ0n) is 14.6. The van der Waals surface area contributed by atoms with Gasteiger partial charge in [-0.1, -0.05) is 13.8 Å². The molecule has 0 aromatic carbocycles. The van der Waals surface area contributed by atoms with Crippen molar-refractivity contribution >= 4 is 30.1 Å². The fourth-order valence-electron chi connectivity index (χ4n) is 1.74. The van der Waals surface area contributed by atoms with Crippen LogP contribution in [0.25, 0.3) is 0 Å². The lowest BCUT2D eigenvalue weighted by atomic mass is 10.0. The fraction of sp³-hybridized carbons (Fsp3) is 0.800. The molecule has 23 heavy (non-hydrogen) atoms. The van der Waals surface area contributed by atoms with Crippen molar-refractivity contribution in [3.63, 3.8) is 0 Å². The highest BCUT2D eigenvalue weighted by atomic mass is 35.5. The number of carbonyl (C=O) groups is 3. The van der Waals surface area contributed by atoms with Crippen LogP contribution >= 0.6 is 12.4 Å². The first-order valence-electron chi connectivity index (χ1n) is 7.74. The molecule has 0 fully saturated rings. The molecule has 0 aliphatic rings. The highest BCUT2D eigenvalue weighted by Gasteiger charge is 2.14. The Morgan fingerprint density at radius 1 is 1.09 bits per heavy atom. The van der Waals surface area contributed by atoms with E-state index in [-0.39, 0.29) is 49.0 Å². The Kier molecular flexibility index (Phi) is 13.7. The van der Waals surface area contributed by atoms with Crippen molar-refractivity contribution in [3.8, 4) is 0 Å². The Morgan fingerprint density at radius 2 is 1.65 bits per heavy atom. The van der Waals surface area contributed by atoms with Crippen molar-refractivity contribution in [1.82, 2.24) is 15.5 Å². The lowest BCUT2D eigenvalue weighted by Gasteiger charge is -2.21. The van der Waals surface area contributed by atoms with Gasteiger partial charge in [-0.2, -0.15) is 0 Å². The summed E-state index contributed by atoms with van der Waals surface area (Å²) in [7, 11) is 1.73. The quantitative estimate of drug-likeness (QED) is 0.492. The second kappa shape index (κ2) is 13.1. The fourth-order valence-corrected chi connectivity index (χ4v) is 1.74. The Morgan fingerprint density at radius 3 is 2.17 bits per heavy atom. The van der Waals surface area contributed by atoms with Crippen molar-refractivity contribution in [2.24, 2.45) is 11.7 Å². The molecule has 4 N–H and O–H groups in total. The SMILES string of the molecule is CC(=O)NCCNC(=O)CCC(=O)N(C)CCC(N)C(C)C.Cl. The summed E-state index contributed by atoms with van der Waals surface area (Å²) in [5.74, 6) is 0.00231. The maximum Gasteiger partial charge on any atom is 0.222 e. The van der Waals surface area contributed by atoms with Gasteiger partial charge >= 0.3 is 0 Å². The van der Waals surface area contributed by atoms with E-state index in [2.05, 4.69) is 24.5 Å². The number of hydrogen-bond acceptors (Lipinski definition) is 4. The Labute approximate surface area is 145 Å². The van der Waals surface area contributed by atoms with Gasteiger partial charge in [-0.3, -0.25) is 14.4 Å². The lowest BCUT2D eigenvalue weighted by Crippen LogP contribution is -2.36. The van der Waals surface area contributed by atoms with Crippen molar-refractivity contribution in [1.29, 1.82) is 0 Å². The predicted molar refractivity (Wildman–Crippen MR) is 93.2 cm³/mol. The Hall–Kier alpha value is -1.34. The number of carbonyl (C=O) groups excluding carboxylic acids is 3. The van der Waals surface area contributed by atoms with Crippen LogP contribution in [-0.2, 0) is 14.4 Å². The lowest BCUT2D eigenvalue weighted by molar-refractivity contribution is -0.132. The summed E-state index contributed by atoms with van der Waals surface area (Å²) in [6.07, 6.45) is 1.09. The molecule has 0 radical (unpaired) electrons. The molecular weight excluding hydrogens is 320 g/mol. The summed E-state index contributed by atoms with van der Waals surface area (Å²) in [6.45, 7) is 6.88. The summed E-state index contributed by atoms with van der Waals surface area (Å²) >= 11 is 0. The van der Waals surface area contributed by atoms with E-state index < -0.39 is 0 Å². The van der Waals surface area contributed by atoms with Crippen LogP contribution in [0, 0.1) is 5.92 Å². The summed E-state index contributed by atoms with van der Waals surface area (Å²) < 4.78 is 0. The molecule has 0 saturated heterocycles. The van der Waals surface area contributed by atoms with Crippen molar-refractivity contribution in [2.75, 3.05) is 26.7 Å². The molecule has 0 aliphatic carbocycles. The standard InChI is InChI=1S/C15H30N4O3.ClH/c1-11(2)13(16)7-10-19(4)15(22)6-5-14(21)18-9-8-17-12(3)20;/h11,13H,5-10,16H2,1-4H3,(H,17,20)(H,18,21);1H. The number of nitrogens with one attached hydrogen (secondary N) is 2. The Bertz CT molecular complexity index is 378. The zero-order chi connectivity index (χ0) is 17.1. The van der Waals surface area contributed by atoms with Gasteiger partial charge < -0.3 is 21.3 Å². The molecule has 0 aromatic heterocycles. The molecule has 1 atom stereocenters. The minimum Gasteiger partial charge on any atom is -0.355 e. The van der Waals surface area contributed by atoms with Crippen LogP contribution in [0.2, 0.25) is 0 Å². The van der Waals surface area contributed by atoms with Gasteiger partial charge in [-0.15, -0.1) is 12.4 Å². The molecule has 0 aliphatic heterocycles. The predicted octanol–water partition coefficient (Wildman–Crippen LogP) is 0.273. The molecule has 136 valence electrons. The zero-order valence-corrected chi connectivity index (χ0v) is 15.4. The topological polar surface area (TPSA) is 105 Å². The minimum atomic E-state index is -0.189. The van der Waals surface area contributed by atoms with Crippen LogP contribution in [0.1, 0.15) is 40.0 Å². The molecule has 0 spiro atoms. The van der Waals surface area contributed by atoms with Gasteiger partial charge in [-0.05, 0) is 12.3 Å². The van der Waals surface area contributed by atoms with E-state index in [0.717, 1.165) is 6.42 Å². The van der Waals surface area contributed by atoms with Gasteiger partial charge in [-0.25, -0.2) is 0 Å². The number of halogens is 1. The van der Waals surface area contributed by atoms with Crippen LogP contribution in [0.15, 0.2) is 0 Å². The molecule has 8 heteroatoms. The average molecular weight is 351 g/mol. The third-order valence-electron chi connectivity index (χ3n) is 3.47. The normalized spacial score (nSPS) is 11.4. The second-order valence-corrected chi connectivity index (χ2v) is 5.84. The molecule has 0 saturated carbocycles. The third kappa shape index (κ3) is 12.9. The summed E-state index contributed by atoms with van der Waals surface area (Å²) in [5, 5.41) is 5.23. The van der Waals surface area contributed by atoms with Gasteiger partial charge in [0, 0.05) is 52.5 Å². The highest BCUT2D eigenvalue weighted by Crippen LogP contribution is 2.05. The highest BCUT2D eigenvalue weighted by molar-refractivity contribution is 5.85.